The van der Waals surface area contributed by atoms with Crippen LogP contribution in [-0.2, 0) is 0 Å². The molecule has 1 unspecified atom stereocenters. The Hall–Kier alpha value is -2.01. The second kappa shape index (κ2) is 4.93. The highest BCUT2D eigenvalue weighted by atomic mass is 16.3. The molecule has 5 nitrogen and oxygen atoms in total. The summed E-state index contributed by atoms with van der Waals surface area (Å²) in [6.45, 7) is 1.09. The van der Waals surface area contributed by atoms with Gasteiger partial charge >= 0.3 is 0 Å². The minimum absolute atomic E-state index is 0.0788. The average molecular weight is 257 g/mol. The minimum atomic E-state index is -0.418. The lowest BCUT2D eigenvalue weighted by atomic mass is 10.1. The molecule has 1 aliphatic heterocycles. The van der Waals surface area contributed by atoms with Crippen molar-refractivity contribution in [1.29, 1.82) is 0 Å². The van der Waals surface area contributed by atoms with Crippen molar-refractivity contribution in [3.8, 4) is 0 Å². The Labute approximate surface area is 110 Å². The lowest BCUT2D eigenvalue weighted by Gasteiger charge is -2.30. The first-order valence-electron chi connectivity index (χ1n) is 6.43. The lowest BCUT2D eigenvalue weighted by Crippen LogP contribution is -2.42. The number of rotatable bonds is 1. The smallest absolute Gasteiger partial charge is 0.256 e. The maximum absolute atomic E-state index is 12.5. The number of aliphatic hydroxyl groups excluding tert-OH is 1. The molecular formula is C14H15N3O2. The van der Waals surface area contributed by atoms with E-state index in [0.29, 0.717) is 29.7 Å². The van der Waals surface area contributed by atoms with Gasteiger partial charge in [-0.2, -0.15) is 0 Å². The lowest BCUT2D eigenvalue weighted by molar-refractivity contribution is 0.0475. The molecule has 1 amide bonds. The van der Waals surface area contributed by atoms with Crippen LogP contribution in [0.15, 0.2) is 30.6 Å². The van der Waals surface area contributed by atoms with Crippen LogP contribution in [0.5, 0.6) is 0 Å². The van der Waals surface area contributed by atoms with Gasteiger partial charge in [-0.1, -0.05) is 6.07 Å². The molecule has 2 heterocycles. The number of likely N-dealkylation sites (tertiary alicyclic amines) is 1. The van der Waals surface area contributed by atoms with Crippen LogP contribution in [0.25, 0.3) is 11.0 Å². The minimum Gasteiger partial charge on any atom is -0.391 e. The first-order valence-corrected chi connectivity index (χ1v) is 6.43. The van der Waals surface area contributed by atoms with E-state index in [2.05, 4.69) is 9.97 Å². The van der Waals surface area contributed by atoms with Crippen molar-refractivity contribution in [2.75, 3.05) is 13.1 Å². The van der Waals surface area contributed by atoms with Crippen molar-refractivity contribution < 1.29 is 9.90 Å². The van der Waals surface area contributed by atoms with Crippen LogP contribution < -0.4 is 0 Å². The monoisotopic (exact) mass is 257 g/mol. The van der Waals surface area contributed by atoms with Gasteiger partial charge in [0.2, 0.25) is 0 Å². The van der Waals surface area contributed by atoms with Crippen molar-refractivity contribution in [2.24, 2.45) is 0 Å². The van der Waals surface area contributed by atoms with Gasteiger partial charge in [0, 0.05) is 25.5 Å². The zero-order valence-corrected chi connectivity index (χ0v) is 10.5. The molecule has 1 N–H and O–H groups in total. The zero-order chi connectivity index (χ0) is 13.2. The molecule has 1 aromatic carbocycles. The van der Waals surface area contributed by atoms with Gasteiger partial charge in [-0.15, -0.1) is 0 Å². The number of fused-ring (bicyclic) bond motifs is 1. The average Bonchev–Trinajstić information content (AvgIpc) is 2.46. The van der Waals surface area contributed by atoms with Crippen LogP contribution in [-0.4, -0.2) is 45.1 Å². The maximum atomic E-state index is 12.5. The van der Waals surface area contributed by atoms with Gasteiger partial charge in [-0.3, -0.25) is 14.8 Å². The van der Waals surface area contributed by atoms with Crippen LogP contribution in [0, 0.1) is 0 Å². The van der Waals surface area contributed by atoms with E-state index in [4.69, 9.17) is 0 Å². The number of carbonyl (C=O) groups excluding carboxylic acids is 1. The first kappa shape index (κ1) is 12.0. The molecule has 1 aromatic heterocycles. The van der Waals surface area contributed by atoms with Gasteiger partial charge in [-0.25, -0.2) is 0 Å². The van der Waals surface area contributed by atoms with Crippen molar-refractivity contribution >= 4 is 16.9 Å². The van der Waals surface area contributed by atoms with Gasteiger partial charge in [0.25, 0.3) is 5.91 Å². The fraction of sp³-hybridized carbons (Fsp3) is 0.357. The Morgan fingerprint density at radius 1 is 1.32 bits per heavy atom. The molecule has 1 atom stereocenters. The number of β-amino-alcohol motifs (C(OH)–C–C–N with tert-alkyl or cyclic N) is 1. The number of hydrogen-bond donors (Lipinski definition) is 1. The molecule has 2 aromatic rings. The van der Waals surface area contributed by atoms with Crippen LogP contribution in [0.3, 0.4) is 0 Å². The van der Waals surface area contributed by atoms with E-state index in [1.807, 2.05) is 12.1 Å². The molecule has 0 radical (unpaired) electrons. The normalized spacial score (nSPS) is 19.6. The fourth-order valence-corrected chi connectivity index (χ4v) is 2.47. The third kappa shape index (κ3) is 2.29. The predicted molar refractivity (Wildman–Crippen MR) is 70.7 cm³/mol. The highest BCUT2D eigenvalue weighted by Gasteiger charge is 2.24. The molecular weight excluding hydrogens is 242 g/mol. The second-order valence-corrected chi connectivity index (χ2v) is 4.78. The number of aromatic nitrogens is 2. The van der Waals surface area contributed by atoms with E-state index in [9.17, 15) is 9.90 Å². The number of para-hydroxylation sites is 1. The Kier molecular flexibility index (Phi) is 3.13. The maximum Gasteiger partial charge on any atom is 0.256 e. The second-order valence-electron chi connectivity index (χ2n) is 4.78. The molecule has 0 bridgehead atoms. The van der Waals surface area contributed by atoms with Crippen molar-refractivity contribution in [1.82, 2.24) is 14.9 Å². The summed E-state index contributed by atoms with van der Waals surface area (Å²) in [4.78, 5) is 22.6. The first-order chi connectivity index (χ1) is 9.25. The highest BCUT2D eigenvalue weighted by molar-refractivity contribution is 6.04. The number of aliphatic hydroxyl groups is 1. The van der Waals surface area contributed by atoms with E-state index < -0.39 is 6.10 Å². The van der Waals surface area contributed by atoms with Crippen LogP contribution in [0.1, 0.15) is 23.2 Å². The summed E-state index contributed by atoms with van der Waals surface area (Å²) in [5.41, 5.74) is 1.89. The highest BCUT2D eigenvalue weighted by Crippen LogP contribution is 2.18. The summed E-state index contributed by atoms with van der Waals surface area (Å²) < 4.78 is 0. The summed E-state index contributed by atoms with van der Waals surface area (Å²) >= 11 is 0. The number of carbonyl (C=O) groups is 1. The summed E-state index contributed by atoms with van der Waals surface area (Å²) in [6.07, 6.45) is 4.38. The topological polar surface area (TPSA) is 66.3 Å². The predicted octanol–water partition coefficient (Wildman–Crippen LogP) is 1.23. The summed E-state index contributed by atoms with van der Waals surface area (Å²) in [5, 5.41) is 9.67. The quantitative estimate of drug-likeness (QED) is 0.834. The van der Waals surface area contributed by atoms with E-state index >= 15 is 0 Å². The molecule has 1 fully saturated rings. The number of hydrogen-bond acceptors (Lipinski definition) is 4. The molecule has 0 spiro atoms. The van der Waals surface area contributed by atoms with E-state index in [0.717, 1.165) is 12.8 Å². The fourth-order valence-electron chi connectivity index (χ4n) is 2.47. The number of amides is 1. The van der Waals surface area contributed by atoms with Crippen LogP contribution in [0.2, 0.25) is 0 Å². The van der Waals surface area contributed by atoms with Crippen LogP contribution in [0.4, 0.5) is 0 Å². The van der Waals surface area contributed by atoms with Crippen molar-refractivity contribution in [3.63, 3.8) is 0 Å². The van der Waals surface area contributed by atoms with Crippen LogP contribution >= 0.6 is 0 Å². The van der Waals surface area contributed by atoms with E-state index in [-0.39, 0.29) is 5.91 Å². The third-order valence-electron chi connectivity index (χ3n) is 3.41. The number of piperidine rings is 1. The Morgan fingerprint density at radius 2 is 2.16 bits per heavy atom. The van der Waals surface area contributed by atoms with E-state index in [1.165, 1.54) is 0 Å². The largest absolute Gasteiger partial charge is 0.391 e. The molecule has 3 rings (SSSR count). The Bertz CT molecular complexity index is 609. The van der Waals surface area contributed by atoms with Gasteiger partial charge in [0.05, 0.1) is 17.2 Å². The van der Waals surface area contributed by atoms with Gasteiger partial charge in [0.15, 0.2) is 0 Å². The molecule has 0 aliphatic carbocycles. The van der Waals surface area contributed by atoms with Gasteiger partial charge in [0.1, 0.15) is 5.52 Å². The Balaban J connectivity index is 1.97. The standard InChI is InChI=1S/C14H15N3O2/c18-10-3-2-8-17(9-10)14(19)11-4-1-5-12-13(11)16-7-6-15-12/h1,4-7,10,18H,2-3,8-9H2. The van der Waals surface area contributed by atoms with Crippen molar-refractivity contribution in [3.05, 3.63) is 36.2 Å². The Morgan fingerprint density at radius 3 is 3.00 bits per heavy atom. The van der Waals surface area contributed by atoms with Gasteiger partial charge < -0.3 is 10.0 Å². The van der Waals surface area contributed by atoms with E-state index in [1.54, 1.807) is 23.4 Å². The van der Waals surface area contributed by atoms with Gasteiger partial charge in [-0.05, 0) is 25.0 Å². The summed E-state index contributed by atoms with van der Waals surface area (Å²) in [7, 11) is 0. The molecule has 19 heavy (non-hydrogen) atoms. The number of nitrogens with zero attached hydrogens (tertiary/aromatic N) is 3. The summed E-state index contributed by atoms with van der Waals surface area (Å²) in [5.74, 6) is -0.0788. The zero-order valence-electron chi connectivity index (χ0n) is 10.5. The SMILES string of the molecule is O=C(c1cccc2nccnc12)N1CCCC(O)C1. The number of benzene rings is 1. The molecule has 5 heteroatoms. The summed E-state index contributed by atoms with van der Waals surface area (Å²) in [6, 6.07) is 5.41. The molecule has 1 aliphatic rings. The molecule has 0 saturated carbocycles. The third-order valence-corrected chi connectivity index (χ3v) is 3.41. The molecule has 98 valence electrons. The van der Waals surface area contributed by atoms with Crippen molar-refractivity contribution in [2.45, 2.75) is 18.9 Å². The molecule has 1 saturated heterocycles.